The van der Waals surface area contributed by atoms with Crippen LogP contribution in [0.15, 0.2) is 42.5 Å². The van der Waals surface area contributed by atoms with Crippen molar-refractivity contribution in [3.8, 4) is 17.0 Å². The summed E-state index contributed by atoms with van der Waals surface area (Å²) < 4.78 is 24.9. The first-order chi connectivity index (χ1) is 18.0. The number of hydrogen-bond acceptors (Lipinski definition) is 6. The normalized spacial score (nSPS) is 17.5. The molecular weight excluding hydrogens is 473 g/mol. The molecule has 8 nitrogen and oxygen atoms in total. The zero-order chi connectivity index (χ0) is 25.5. The third kappa shape index (κ3) is 4.38. The van der Waals surface area contributed by atoms with Crippen molar-refractivity contribution in [1.82, 2.24) is 14.9 Å². The number of morpholine rings is 1. The molecule has 0 unspecified atom stereocenters. The van der Waals surface area contributed by atoms with E-state index in [9.17, 15) is 9.18 Å². The van der Waals surface area contributed by atoms with Gasteiger partial charge in [0.1, 0.15) is 0 Å². The van der Waals surface area contributed by atoms with Gasteiger partial charge in [0.25, 0.3) is 5.91 Å². The Morgan fingerprint density at radius 1 is 1.11 bits per heavy atom. The number of piperidine rings is 1. The van der Waals surface area contributed by atoms with Crippen molar-refractivity contribution in [2.24, 2.45) is 5.73 Å². The molecule has 2 aliphatic rings. The van der Waals surface area contributed by atoms with Crippen LogP contribution in [0.1, 0.15) is 23.2 Å². The van der Waals surface area contributed by atoms with E-state index in [0.29, 0.717) is 33.9 Å². The molecule has 2 saturated heterocycles. The fourth-order valence-electron chi connectivity index (χ4n) is 5.64. The molecule has 6 rings (SSSR count). The molecule has 4 heterocycles. The summed E-state index contributed by atoms with van der Waals surface area (Å²) in [5, 5.41) is 0.889. The second kappa shape index (κ2) is 9.64. The lowest BCUT2D eigenvalue weighted by atomic mass is 10.0. The summed E-state index contributed by atoms with van der Waals surface area (Å²) in [7, 11) is 1.42. The maximum absolute atomic E-state index is 14.4. The molecule has 37 heavy (non-hydrogen) atoms. The highest BCUT2D eigenvalue weighted by atomic mass is 19.1. The van der Waals surface area contributed by atoms with E-state index in [1.54, 1.807) is 18.2 Å². The Bertz CT molecular complexity index is 1470. The van der Waals surface area contributed by atoms with Gasteiger partial charge in [0.05, 0.1) is 48.1 Å². The van der Waals surface area contributed by atoms with Crippen molar-refractivity contribution in [3.05, 3.63) is 53.8 Å². The zero-order valence-corrected chi connectivity index (χ0v) is 20.8. The quantitative estimate of drug-likeness (QED) is 0.428. The number of aromatic nitrogens is 2. The lowest BCUT2D eigenvalue weighted by Gasteiger charge is -2.40. The topological polar surface area (TPSA) is 96.7 Å². The van der Waals surface area contributed by atoms with E-state index < -0.39 is 11.7 Å². The largest absolute Gasteiger partial charge is 0.494 e. The average Bonchev–Trinajstić information content (AvgIpc) is 3.30. The minimum Gasteiger partial charge on any atom is -0.494 e. The monoisotopic (exact) mass is 503 g/mol. The lowest BCUT2D eigenvalue weighted by molar-refractivity contribution is 0.0115. The number of ether oxygens (including phenoxy) is 2. The van der Waals surface area contributed by atoms with Gasteiger partial charge in [-0.2, -0.15) is 0 Å². The standard InChI is InChI=1S/C28H30FN5O3/c1-36-25-5-2-17(14-22(25)29)23-16-21(28(30)35)27-26(31-23)20-4-3-19(15-24(20)32-27)33-8-6-18(7-9-33)34-10-12-37-13-11-34/h2-5,14-16,18,32H,6-13H2,1H3,(H2,30,35). The zero-order valence-electron chi connectivity index (χ0n) is 20.8. The molecule has 0 spiro atoms. The Morgan fingerprint density at radius 3 is 2.59 bits per heavy atom. The summed E-state index contributed by atoms with van der Waals surface area (Å²) in [6, 6.07) is 13.1. The molecule has 0 bridgehead atoms. The van der Waals surface area contributed by atoms with Gasteiger partial charge in [0.15, 0.2) is 11.6 Å². The molecule has 0 atom stereocenters. The van der Waals surface area contributed by atoms with Crippen molar-refractivity contribution in [2.75, 3.05) is 51.4 Å². The van der Waals surface area contributed by atoms with Crippen molar-refractivity contribution < 1.29 is 18.7 Å². The van der Waals surface area contributed by atoms with Gasteiger partial charge in [-0.15, -0.1) is 0 Å². The van der Waals surface area contributed by atoms with Crippen LogP contribution in [0.3, 0.4) is 0 Å². The number of benzene rings is 2. The number of H-pyrrole nitrogens is 1. The van der Waals surface area contributed by atoms with Gasteiger partial charge in [0, 0.05) is 48.9 Å². The number of hydrogen-bond donors (Lipinski definition) is 2. The fraction of sp³-hybridized carbons (Fsp3) is 0.357. The van der Waals surface area contributed by atoms with Crippen molar-refractivity contribution >= 4 is 33.5 Å². The maximum Gasteiger partial charge on any atom is 0.250 e. The molecule has 0 aliphatic carbocycles. The SMILES string of the molecule is COc1ccc(-c2cc(C(N)=O)c3[nH]c4cc(N5CCC(N6CCOCC6)CC5)ccc4c3n2)cc1F. The predicted molar refractivity (Wildman–Crippen MR) is 142 cm³/mol. The highest BCUT2D eigenvalue weighted by Gasteiger charge is 2.26. The number of aromatic amines is 1. The number of carbonyl (C=O) groups excluding carboxylic acids is 1. The minimum absolute atomic E-state index is 0.147. The molecule has 2 aromatic carbocycles. The Hall–Kier alpha value is -3.69. The van der Waals surface area contributed by atoms with Crippen LogP contribution < -0.4 is 15.4 Å². The summed E-state index contributed by atoms with van der Waals surface area (Å²) in [6.45, 7) is 5.68. The Kier molecular flexibility index (Phi) is 6.18. The van der Waals surface area contributed by atoms with E-state index >= 15 is 0 Å². The molecule has 4 aromatic rings. The Morgan fingerprint density at radius 2 is 1.89 bits per heavy atom. The van der Waals surface area contributed by atoms with Crippen LogP contribution in [0.2, 0.25) is 0 Å². The molecule has 9 heteroatoms. The summed E-state index contributed by atoms with van der Waals surface area (Å²) in [6.07, 6.45) is 2.25. The van der Waals surface area contributed by atoms with Crippen LogP contribution in [-0.2, 0) is 4.74 Å². The van der Waals surface area contributed by atoms with E-state index in [1.165, 1.54) is 13.2 Å². The molecule has 192 valence electrons. The van der Waals surface area contributed by atoms with Crippen LogP contribution in [0.25, 0.3) is 33.2 Å². The van der Waals surface area contributed by atoms with Crippen molar-refractivity contribution in [3.63, 3.8) is 0 Å². The highest BCUT2D eigenvalue weighted by Crippen LogP contribution is 2.34. The van der Waals surface area contributed by atoms with E-state index in [0.717, 1.165) is 68.8 Å². The number of rotatable bonds is 5. The first-order valence-electron chi connectivity index (χ1n) is 12.7. The maximum atomic E-state index is 14.4. The van der Waals surface area contributed by atoms with Crippen LogP contribution in [0.5, 0.6) is 5.75 Å². The average molecular weight is 504 g/mol. The third-order valence-corrected chi connectivity index (χ3v) is 7.64. The van der Waals surface area contributed by atoms with Gasteiger partial charge in [-0.25, -0.2) is 9.37 Å². The lowest BCUT2D eigenvalue weighted by Crippen LogP contribution is -2.49. The Balaban J connectivity index is 1.33. The van der Waals surface area contributed by atoms with Gasteiger partial charge in [-0.1, -0.05) is 0 Å². The summed E-state index contributed by atoms with van der Waals surface area (Å²) in [5.41, 5.74) is 10.3. The van der Waals surface area contributed by atoms with Crippen LogP contribution in [0, 0.1) is 5.82 Å². The number of carbonyl (C=O) groups is 1. The van der Waals surface area contributed by atoms with Gasteiger partial charge in [0.2, 0.25) is 0 Å². The van der Waals surface area contributed by atoms with Gasteiger partial charge < -0.3 is 25.1 Å². The third-order valence-electron chi connectivity index (χ3n) is 7.64. The molecule has 0 radical (unpaired) electrons. The fourth-order valence-corrected chi connectivity index (χ4v) is 5.64. The summed E-state index contributed by atoms with van der Waals surface area (Å²) >= 11 is 0. The molecule has 2 aliphatic heterocycles. The number of amides is 1. The molecule has 2 fully saturated rings. The second-order valence-corrected chi connectivity index (χ2v) is 9.71. The van der Waals surface area contributed by atoms with Gasteiger partial charge in [-0.05, 0) is 55.3 Å². The van der Waals surface area contributed by atoms with Crippen LogP contribution in [-0.4, -0.2) is 73.3 Å². The number of anilines is 1. The Labute approximate surface area is 214 Å². The van der Waals surface area contributed by atoms with Crippen LogP contribution >= 0.6 is 0 Å². The number of primary amides is 1. The van der Waals surface area contributed by atoms with E-state index in [1.807, 2.05) is 6.07 Å². The number of nitrogens with one attached hydrogen (secondary N) is 1. The van der Waals surface area contributed by atoms with Crippen molar-refractivity contribution in [1.29, 1.82) is 0 Å². The molecule has 2 aromatic heterocycles. The molecular formula is C28H30FN5O3. The number of nitrogens with zero attached hydrogens (tertiary/aromatic N) is 3. The van der Waals surface area contributed by atoms with Crippen molar-refractivity contribution in [2.45, 2.75) is 18.9 Å². The molecule has 3 N–H and O–H groups in total. The highest BCUT2D eigenvalue weighted by molar-refractivity contribution is 6.14. The summed E-state index contributed by atoms with van der Waals surface area (Å²) in [4.78, 5) is 25.5. The van der Waals surface area contributed by atoms with E-state index in [4.69, 9.17) is 20.2 Å². The number of fused-ring (bicyclic) bond motifs is 3. The minimum atomic E-state index is -0.570. The first-order valence-corrected chi connectivity index (χ1v) is 12.7. The summed E-state index contributed by atoms with van der Waals surface area (Å²) in [5.74, 6) is -0.920. The van der Waals surface area contributed by atoms with Gasteiger partial charge in [-0.3, -0.25) is 9.69 Å². The number of nitrogens with two attached hydrogens (primary N) is 1. The predicted octanol–water partition coefficient (Wildman–Crippen LogP) is 3.93. The van der Waals surface area contributed by atoms with E-state index in [-0.39, 0.29) is 5.75 Å². The van der Waals surface area contributed by atoms with E-state index in [2.05, 4.69) is 26.9 Å². The second-order valence-electron chi connectivity index (χ2n) is 9.71. The smallest absolute Gasteiger partial charge is 0.250 e. The molecule has 1 amide bonds. The number of halogens is 1. The van der Waals surface area contributed by atoms with Crippen LogP contribution in [0.4, 0.5) is 10.1 Å². The number of pyridine rings is 1. The molecule has 0 saturated carbocycles. The first kappa shape index (κ1) is 23.7. The number of methoxy groups -OCH3 is 1. The van der Waals surface area contributed by atoms with Gasteiger partial charge >= 0.3 is 0 Å².